The number of aromatic carboxylic acids is 1. The van der Waals surface area contributed by atoms with Crippen molar-refractivity contribution in [2.75, 3.05) is 13.7 Å². The smallest absolute Gasteiger partial charge is 0.335 e. The van der Waals surface area contributed by atoms with Crippen molar-refractivity contribution in [2.24, 2.45) is 5.92 Å². The summed E-state index contributed by atoms with van der Waals surface area (Å²) in [6.07, 6.45) is 3.93. The van der Waals surface area contributed by atoms with Crippen molar-refractivity contribution in [2.45, 2.75) is 39.3 Å². The van der Waals surface area contributed by atoms with Gasteiger partial charge in [-0.3, -0.25) is 4.90 Å². The van der Waals surface area contributed by atoms with E-state index in [1.165, 1.54) is 16.5 Å². The number of likely N-dealkylation sites (tertiary alicyclic amines) is 1. The van der Waals surface area contributed by atoms with Gasteiger partial charge < -0.3 is 14.8 Å². The Hall–Kier alpha value is -3.23. The molecule has 5 nitrogen and oxygen atoms in total. The number of aromatic amines is 1. The fourth-order valence-electron chi connectivity index (χ4n) is 4.72. The molecule has 0 aliphatic carbocycles. The third-order valence-corrected chi connectivity index (χ3v) is 6.30. The maximum atomic E-state index is 11.3. The number of rotatable bonds is 5. The number of carboxylic acids is 1. The molecule has 0 bridgehead atoms. The van der Waals surface area contributed by atoms with E-state index < -0.39 is 5.97 Å². The van der Waals surface area contributed by atoms with Crippen LogP contribution < -0.4 is 4.74 Å². The van der Waals surface area contributed by atoms with Gasteiger partial charge in [0.15, 0.2) is 0 Å². The molecule has 1 saturated heterocycles. The van der Waals surface area contributed by atoms with E-state index in [0.29, 0.717) is 11.5 Å². The second-order valence-electron chi connectivity index (χ2n) is 8.17. The largest absolute Gasteiger partial charge is 0.496 e. The number of piperidine rings is 1. The standard InChI is InChI=1S/C26H28N2O3/c1-4-5-18-11-13-28(23(15-18)19-6-8-20(9-7-19)26(29)30)16-22-21-10-12-27-25(21)17(2)14-24(22)31-3/h6-10,12,14,18,23,27H,11,13,15-16H2,1-3H3,(H,29,30)/t18?,23-/m0/s1. The number of fused-ring (bicyclic) bond motifs is 1. The van der Waals surface area contributed by atoms with Crippen molar-refractivity contribution in [1.82, 2.24) is 9.88 Å². The molecule has 1 unspecified atom stereocenters. The monoisotopic (exact) mass is 416 g/mol. The fraction of sp³-hybridized carbons (Fsp3) is 0.346. The van der Waals surface area contributed by atoms with Crippen LogP contribution in [-0.2, 0) is 6.54 Å². The quantitative estimate of drug-likeness (QED) is 0.564. The van der Waals surface area contributed by atoms with Gasteiger partial charge in [0.05, 0.1) is 12.7 Å². The molecule has 160 valence electrons. The van der Waals surface area contributed by atoms with Crippen LogP contribution >= 0.6 is 0 Å². The van der Waals surface area contributed by atoms with Gasteiger partial charge in [0.25, 0.3) is 0 Å². The molecule has 31 heavy (non-hydrogen) atoms. The molecule has 0 amide bonds. The Morgan fingerprint density at radius 2 is 2.06 bits per heavy atom. The van der Waals surface area contributed by atoms with Crippen molar-refractivity contribution < 1.29 is 14.6 Å². The number of hydrogen-bond acceptors (Lipinski definition) is 3. The molecular weight excluding hydrogens is 388 g/mol. The molecule has 2 atom stereocenters. The summed E-state index contributed by atoms with van der Waals surface area (Å²) in [5.74, 6) is 6.77. The molecule has 1 aromatic heterocycles. The first kappa shape index (κ1) is 21.0. The minimum Gasteiger partial charge on any atom is -0.496 e. The number of ether oxygens (including phenoxy) is 1. The van der Waals surface area contributed by atoms with Crippen molar-refractivity contribution >= 4 is 16.9 Å². The predicted molar refractivity (Wildman–Crippen MR) is 122 cm³/mol. The first-order valence-corrected chi connectivity index (χ1v) is 10.6. The van der Waals surface area contributed by atoms with Crippen molar-refractivity contribution in [1.29, 1.82) is 0 Å². The highest BCUT2D eigenvalue weighted by molar-refractivity contribution is 5.88. The number of carbonyl (C=O) groups is 1. The summed E-state index contributed by atoms with van der Waals surface area (Å²) in [5, 5.41) is 10.4. The van der Waals surface area contributed by atoms with E-state index >= 15 is 0 Å². The van der Waals surface area contributed by atoms with Crippen LogP contribution in [0.5, 0.6) is 5.75 Å². The molecule has 2 heterocycles. The molecule has 0 radical (unpaired) electrons. The topological polar surface area (TPSA) is 65.6 Å². The average Bonchev–Trinajstić information content (AvgIpc) is 3.27. The van der Waals surface area contributed by atoms with Gasteiger partial charge in [0, 0.05) is 47.7 Å². The highest BCUT2D eigenvalue weighted by atomic mass is 16.5. The zero-order valence-electron chi connectivity index (χ0n) is 18.2. The van der Waals surface area contributed by atoms with Crippen LogP contribution in [0.4, 0.5) is 0 Å². The van der Waals surface area contributed by atoms with E-state index in [-0.39, 0.29) is 6.04 Å². The third kappa shape index (κ3) is 4.17. The molecule has 1 aliphatic rings. The Labute approximate surface area is 183 Å². The summed E-state index contributed by atoms with van der Waals surface area (Å²) in [5.41, 5.74) is 4.93. The van der Waals surface area contributed by atoms with E-state index in [2.05, 4.69) is 40.8 Å². The number of nitrogens with zero attached hydrogens (tertiary/aromatic N) is 1. The van der Waals surface area contributed by atoms with Crippen molar-refractivity contribution in [3.05, 3.63) is 64.8 Å². The molecule has 0 saturated carbocycles. The Bertz CT molecular complexity index is 1150. The minimum absolute atomic E-state index is 0.169. The van der Waals surface area contributed by atoms with Crippen LogP contribution in [0, 0.1) is 24.7 Å². The Morgan fingerprint density at radius 3 is 2.74 bits per heavy atom. The first-order chi connectivity index (χ1) is 15.0. The Morgan fingerprint density at radius 1 is 1.29 bits per heavy atom. The van der Waals surface area contributed by atoms with Gasteiger partial charge in [-0.15, -0.1) is 11.8 Å². The van der Waals surface area contributed by atoms with Crippen LogP contribution in [0.25, 0.3) is 10.9 Å². The molecule has 0 spiro atoms. The lowest BCUT2D eigenvalue weighted by Gasteiger charge is -2.39. The maximum Gasteiger partial charge on any atom is 0.335 e. The number of H-pyrrole nitrogens is 1. The lowest BCUT2D eigenvalue weighted by molar-refractivity contribution is 0.0696. The Balaban J connectivity index is 1.71. The van der Waals surface area contributed by atoms with Crippen LogP contribution in [0.1, 0.15) is 52.9 Å². The van der Waals surface area contributed by atoms with Gasteiger partial charge in [0.2, 0.25) is 0 Å². The molecular formula is C26H28N2O3. The SMILES string of the molecule is CC#CC1CCN(Cc2c(OC)cc(C)c3[nH]ccc23)[C@H](c2ccc(C(=O)O)cc2)C1. The summed E-state index contributed by atoms with van der Waals surface area (Å²) < 4.78 is 5.76. The molecule has 3 aromatic rings. The zero-order chi connectivity index (χ0) is 22.0. The van der Waals surface area contributed by atoms with Crippen LogP contribution in [-0.4, -0.2) is 34.6 Å². The summed E-state index contributed by atoms with van der Waals surface area (Å²) in [6, 6.07) is 11.7. The molecule has 1 fully saturated rings. The number of nitrogens with one attached hydrogen (secondary N) is 1. The van der Waals surface area contributed by atoms with Gasteiger partial charge in [-0.05, 0) is 62.1 Å². The van der Waals surface area contributed by atoms with E-state index in [0.717, 1.165) is 42.8 Å². The minimum atomic E-state index is -0.902. The maximum absolute atomic E-state index is 11.3. The molecule has 1 aliphatic heterocycles. The van der Waals surface area contributed by atoms with Crippen molar-refractivity contribution in [3.63, 3.8) is 0 Å². The second-order valence-corrected chi connectivity index (χ2v) is 8.17. The van der Waals surface area contributed by atoms with Gasteiger partial charge in [-0.1, -0.05) is 12.1 Å². The van der Waals surface area contributed by atoms with E-state index in [9.17, 15) is 9.90 Å². The molecule has 4 rings (SSSR count). The van der Waals surface area contributed by atoms with Crippen molar-refractivity contribution in [3.8, 4) is 17.6 Å². The van der Waals surface area contributed by atoms with E-state index in [1.807, 2.05) is 25.3 Å². The average molecular weight is 417 g/mol. The lowest BCUT2D eigenvalue weighted by Crippen LogP contribution is -2.36. The van der Waals surface area contributed by atoms with Gasteiger partial charge in [-0.25, -0.2) is 4.79 Å². The van der Waals surface area contributed by atoms with Crippen LogP contribution in [0.15, 0.2) is 42.6 Å². The van der Waals surface area contributed by atoms with Gasteiger partial charge in [0.1, 0.15) is 5.75 Å². The fourth-order valence-corrected chi connectivity index (χ4v) is 4.72. The van der Waals surface area contributed by atoms with Gasteiger partial charge >= 0.3 is 5.97 Å². The number of carboxylic acid groups (broad SMARTS) is 1. The number of hydrogen-bond donors (Lipinski definition) is 2. The number of aryl methyl sites for hydroxylation is 1. The number of aromatic nitrogens is 1. The lowest BCUT2D eigenvalue weighted by atomic mass is 9.86. The highest BCUT2D eigenvalue weighted by Crippen LogP contribution is 2.38. The normalized spacial score (nSPS) is 19.1. The van der Waals surface area contributed by atoms with Crippen LogP contribution in [0.3, 0.4) is 0 Å². The second kappa shape index (κ2) is 8.87. The highest BCUT2D eigenvalue weighted by Gasteiger charge is 2.30. The summed E-state index contributed by atoms with van der Waals surface area (Å²) >= 11 is 0. The Kier molecular flexibility index (Phi) is 6.01. The number of benzene rings is 2. The van der Waals surface area contributed by atoms with Crippen LogP contribution in [0.2, 0.25) is 0 Å². The summed E-state index contributed by atoms with van der Waals surface area (Å²) in [4.78, 5) is 17.1. The molecule has 5 heteroatoms. The van der Waals surface area contributed by atoms with Gasteiger partial charge in [-0.2, -0.15) is 0 Å². The first-order valence-electron chi connectivity index (χ1n) is 10.6. The molecule has 2 aromatic carbocycles. The number of methoxy groups -OCH3 is 1. The van der Waals surface area contributed by atoms with E-state index in [4.69, 9.17) is 4.74 Å². The zero-order valence-corrected chi connectivity index (χ0v) is 18.2. The summed E-state index contributed by atoms with van der Waals surface area (Å²) in [7, 11) is 1.72. The molecule has 2 N–H and O–H groups in total. The third-order valence-electron chi connectivity index (χ3n) is 6.30. The predicted octanol–water partition coefficient (Wildman–Crippen LogP) is 5.16. The summed E-state index contributed by atoms with van der Waals surface area (Å²) in [6.45, 7) is 5.67. The van der Waals surface area contributed by atoms with E-state index in [1.54, 1.807) is 19.2 Å².